The molecule has 2 aromatic rings. The van der Waals surface area contributed by atoms with Crippen molar-refractivity contribution in [2.75, 3.05) is 13.7 Å². The summed E-state index contributed by atoms with van der Waals surface area (Å²) in [6, 6.07) is 4.71. The first-order chi connectivity index (χ1) is 9.99. The largest absolute Gasteiger partial charge is 0.496 e. The Morgan fingerprint density at radius 3 is 2.76 bits per heavy atom. The molecule has 0 aliphatic rings. The van der Waals surface area contributed by atoms with Gasteiger partial charge in [-0.25, -0.2) is 0 Å². The summed E-state index contributed by atoms with van der Waals surface area (Å²) in [4.78, 5) is 24.0. The molecule has 2 rings (SSSR count). The molecule has 0 radical (unpaired) electrons. The van der Waals surface area contributed by atoms with E-state index in [2.05, 4.69) is 0 Å². The van der Waals surface area contributed by atoms with Gasteiger partial charge < -0.3 is 14.7 Å². The molecule has 0 amide bonds. The van der Waals surface area contributed by atoms with Gasteiger partial charge in [0.25, 0.3) is 11.2 Å². The molecule has 7 heteroatoms. The summed E-state index contributed by atoms with van der Waals surface area (Å²) in [5.74, 6) is -0.0366. The van der Waals surface area contributed by atoms with E-state index in [0.29, 0.717) is 15.7 Å². The van der Waals surface area contributed by atoms with Crippen LogP contribution in [0.1, 0.15) is 18.3 Å². The zero-order chi connectivity index (χ0) is 15.6. The number of hydrogen-bond acceptors (Lipinski definition) is 5. The van der Waals surface area contributed by atoms with Gasteiger partial charge in [0, 0.05) is 4.91 Å². The van der Waals surface area contributed by atoms with E-state index in [4.69, 9.17) is 9.47 Å². The molecule has 0 atom stereocenters. The Kier molecular flexibility index (Phi) is 4.11. The Hall–Kier alpha value is -2.57. The van der Waals surface area contributed by atoms with Crippen LogP contribution in [0, 0.1) is 11.8 Å². The number of benzene rings is 1. The van der Waals surface area contributed by atoms with Crippen molar-refractivity contribution in [1.82, 2.24) is 4.73 Å². The Morgan fingerprint density at radius 1 is 1.43 bits per heavy atom. The number of ether oxygens (including phenoxy) is 2. The van der Waals surface area contributed by atoms with Crippen molar-refractivity contribution in [2.45, 2.75) is 20.3 Å². The van der Waals surface area contributed by atoms with E-state index >= 15 is 0 Å². The maximum absolute atomic E-state index is 12.4. The molecular formula is C14H17N2O5+. The molecule has 1 N–H and O–H groups in total. The summed E-state index contributed by atoms with van der Waals surface area (Å²) in [7, 11) is 1.48. The second kappa shape index (κ2) is 5.82. The van der Waals surface area contributed by atoms with Crippen molar-refractivity contribution >= 4 is 17.0 Å². The molecule has 1 aromatic carbocycles. The van der Waals surface area contributed by atoms with Gasteiger partial charge in [-0.15, -0.1) is 0 Å². The van der Waals surface area contributed by atoms with Gasteiger partial charge in [0.1, 0.15) is 17.9 Å². The summed E-state index contributed by atoms with van der Waals surface area (Å²) in [6.07, 6.45) is -0.211. The summed E-state index contributed by atoms with van der Waals surface area (Å²) >= 11 is 0. The molecule has 7 nitrogen and oxygen atoms in total. The maximum Gasteiger partial charge on any atom is 0.316 e. The van der Waals surface area contributed by atoms with Gasteiger partial charge in [0.15, 0.2) is 5.52 Å². The van der Waals surface area contributed by atoms with E-state index in [1.54, 1.807) is 26.0 Å². The number of carbonyl (C=O) groups excluding carboxylic acids is 1. The monoisotopic (exact) mass is 293 g/mol. The molecule has 112 valence electrons. The minimum absolute atomic E-state index is 0.136. The van der Waals surface area contributed by atoms with E-state index in [1.165, 1.54) is 13.2 Å². The van der Waals surface area contributed by atoms with Crippen molar-refractivity contribution in [3.8, 4) is 5.75 Å². The number of rotatable bonds is 4. The number of esters is 1. The Labute approximate surface area is 120 Å². The van der Waals surface area contributed by atoms with Crippen LogP contribution < -0.4 is 9.16 Å². The van der Waals surface area contributed by atoms with Crippen LogP contribution in [0.25, 0.3) is 11.0 Å². The fourth-order valence-corrected chi connectivity index (χ4v) is 2.12. The minimum atomic E-state index is -0.521. The predicted octanol–water partition coefficient (Wildman–Crippen LogP) is 1.22. The van der Waals surface area contributed by atoms with E-state index in [9.17, 15) is 14.9 Å². The highest BCUT2D eigenvalue weighted by Gasteiger charge is 2.25. The predicted molar refractivity (Wildman–Crippen MR) is 74.1 cm³/mol. The molecule has 0 bridgehead atoms. The number of carbonyl (C=O) groups is 1. The molecule has 0 aliphatic carbocycles. The van der Waals surface area contributed by atoms with Crippen LogP contribution in [0.15, 0.2) is 18.2 Å². The zero-order valence-corrected chi connectivity index (χ0v) is 12.1. The Bertz CT molecular complexity index is 751. The lowest BCUT2D eigenvalue weighted by atomic mass is 10.2. The maximum atomic E-state index is 12.4. The van der Waals surface area contributed by atoms with E-state index < -0.39 is 5.97 Å². The molecular weight excluding hydrogens is 276 g/mol. The van der Waals surface area contributed by atoms with Gasteiger partial charge in [-0.1, -0.05) is 0 Å². The standard InChI is InChI=1S/C14H17N2O5/c1-4-21-14(17)8-12-9(2)15(18)11-6-5-10(20-3)7-13(11)16(12)19/h5-7,18H,4,8H2,1-3H3/q+1. The SMILES string of the molecule is CCOC(=O)Cc1c(C)n(O)c2ccc(OC)cc2[n+]1=O. The number of aromatic nitrogens is 2. The third kappa shape index (κ3) is 2.67. The fraction of sp³-hybridized carbons (Fsp3) is 0.357. The highest BCUT2D eigenvalue weighted by atomic mass is 16.5. The van der Waals surface area contributed by atoms with E-state index in [1.807, 2.05) is 0 Å². The summed E-state index contributed by atoms with van der Waals surface area (Å²) in [5.41, 5.74) is 0.963. The smallest absolute Gasteiger partial charge is 0.316 e. The lowest BCUT2D eigenvalue weighted by Crippen LogP contribution is -2.29. The molecule has 1 aromatic heterocycles. The van der Waals surface area contributed by atoms with Gasteiger partial charge >= 0.3 is 5.97 Å². The summed E-state index contributed by atoms with van der Waals surface area (Å²) in [6.45, 7) is 3.48. The van der Waals surface area contributed by atoms with Crippen molar-refractivity contribution in [1.29, 1.82) is 0 Å². The second-order valence-electron chi connectivity index (χ2n) is 4.47. The van der Waals surface area contributed by atoms with Crippen LogP contribution in [0.3, 0.4) is 0 Å². The molecule has 1 heterocycles. The first kappa shape index (κ1) is 14.8. The van der Waals surface area contributed by atoms with Crippen molar-refractivity contribution in [3.63, 3.8) is 0 Å². The van der Waals surface area contributed by atoms with Crippen LogP contribution in [-0.2, 0) is 16.0 Å². The van der Waals surface area contributed by atoms with Gasteiger partial charge in [-0.05, 0) is 26.0 Å². The molecule has 21 heavy (non-hydrogen) atoms. The number of nitrogens with zero attached hydrogens (tertiary/aromatic N) is 2. The second-order valence-corrected chi connectivity index (χ2v) is 4.47. The zero-order valence-electron chi connectivity index (χ0n) is 12.1. The highest BCUT2D eigenvalue weighted by Crippen LogP contribution is 2.19. The molecule has 0 saturated carbocycles. The average molecular weight is 293 g/mol. The first-order valence-electron chi connectivity index (χ1n) is 6.49. The summed E-state index contributed by atoms with van der Waals surface area (Å²) < 4.78 is 11.4. The summed E-state index contributed by atoms with van der Waals surface area (Å²) in [5, 5.41) is 10.1. The molecule has 0 spiro atoms. The Morgan fingerprint density at radius 2 is 2.14 bits per heavy atom. The number of methoxy groups -OCH3 is 1. The highest BCUT2D eigenvalue weighted by molar-refractivity contribution is 5.75. The van der Waals surface area contributed by atoms with E-state index in [0.717, 1.165) is 4.73 Å². The van der Waals surface area contributed by atoms with Crippen molar-refractivity contribution in [2.24, 2.45) is 0 Å². The van der Waals surface area contributed by atoms with Gasteiger partial charge in [0.2, 0.25) is 0 Å². The Balaban J connectivity index is 2.65. The lowest BCUT2D eigenvalue weighted by Gasteiger charge is -2.07. The molecule has 0 unspecified atom stereocenters. The van der Waals surface area contributed by atoms with Crippen LogP contribution in [0.5, 0.6) is 5.75 Å². The minimum Gasteiger partial charge on any atom is -0.496 e. The van der Waals surface area contributed by atoms with Crippen LogP contribution in [0.4, 0.5) is 0 Å². The lowest BCUT2D eigenvalue weighted by molar-refractivity contribution is -0.475. The number of fused-ring (bicyclic) bond motifs is 1. The molecule has 0 fully saturated rings. The molecule has 0 aliphatic heterocycles. The average Bonchev–Trinajstić information content (AvgIpc) is 2.49. The van der Waals surface area contributed by atoms with Crippen molar-refractivity contribution in [3.05, 3.63) is 34.5 Å². The number of hydrogen-bond donors (Lipinski definition) is 1. The quantitative estimate of drug-likeness (QED) is 0.520. The van der Waals surface area contributed by atoms with Gasteiger partial charge in [0.05, 0.1) is 24.2 Å². The third-order valence-corrected chi connectivity index (χ3v) is 3.23. The third-order valence-electron chi connectivity index (χ3n) is 3.23. The normalized spacial score (nSPS) is 10.6. The van der Waals surface area contributed by atoms with Crippen LogP contribution >= 0.6 is 0 Å². The first-order valence-corrected chi connectivity index (χ1v) is 6.49. The fourth-order valence-electron chi connectivity index (χ4n) is 2.12. The van der Waals surface area contributed by atoms with Crippen LogP contribution in [0.2, 0.25) is 0 Å². The van der Waals surface area contributed by atoms with Gasteiger partial charge in [-0.2, -0.15) is 4.73 Å². The molecule has 0 saturated heterocycles. The topological polar surface area (TPSA) is 83.7 Å². The van der Waals surface area contributed by atoms with Crippen molar-refractivity contribution < 1.29 is 23.9 Å². The van der Waals surface area contributed by atoms with E-state index in [-0.39, 0.29) is 29.9 Å². The van der Waals surface area contributed by atoms with Gasteiger partial charge in [-0.3, -0.25) is 4.79 Å². The van der Waals surface area contributed by atoms with Crippen LogP contribution in [-0.4, -0.2) is 29.6 Å².